The Bertz CT molecular complexity index is 753. The summed E-state index contributed by atoms with van der Waals surface area (Å²) in [4.78, 5) is 8.86. The Labute approximate surface area is 150 Å². The number of nitrogens with zero attached hydrogens (tertiary/aromatic N) is 2. The maximum atomic E-state index is 12.5. The van der Waals surface area contributed by atoms with Crippen LogP contribution in [0.25, 0.3) is 10.9 Å². The zero-order chi connectivity index (χ0) is 18.6. The van der Waals surface area contributed by atoms with E-state index in [1.165, 1.54) is 15.8 Å². The fourth-order valence-electron chi connectivity index (χ4n) is 3.39. The number of hydrogen-bond acceptors (Lipinski definition) is 2. The van der Waals surface area contributed by atoms with E-state index in [1.807, 2.05) is 24.4 Å². The third-order valence-electron chi connectivity index (χ3n) is 4.60. The fraction of sp³-hybridized carbons (Fsp3) is 0.500. The number of aliphatic imine (C=N–C) groups is 1. The molecule has 1 aromatic heterocycles. The Morgan fingerprint density at radius 1 is 1.35 bits per heavy atom. The van der Waals surface area contributed by atoms with Crippen LogP contribution in [0.5, 0.6) is 0 Å². The van der Waals surface area contributed by atoms with E-state index in [-0.39, 0.29) is 6.04 Å². The van der Waals surface area contributed by atoms with Gasteiger partial charge in [0.1, 0.15) is 0 Å². The van der Waals surface area contributed by atoms with Gasteiger partial charge < -0.3 is 15.6 Å². The largest absolute Gasteiger partial charge is 0.401 e. The lowest BCUT2D eigenvalue weighted by Crippen LogP contribution is -2.45. The summed E-state index contributed by atoms with van der Waals surface area (Å²) in [6.07, 6.45) is -0.628. The van der Waals surface area contributed by atoms with Crippen molar-refractivity contribution < 1.29 is 13.2 Å². The molecule has 1 saturated heterocycles. The molecule has 142 valence electrons. The van der Waals surface area contributed by atoms with Crippen LogP contribution in [0.4, 0.5) is 13.2 Å². The highest BCUT2D eigenvalue weighted by Gasteiger charge is 2.34. The van der Waals surface area contributed by atoms with Gasteiger partial charge in [0.2, 0.25) is 0 Å². The summed E-state index contributed by atoms with van der Waals surface area (Å²) < 4.78 is 37.4. The average molecular weight is 367 g/mol. The number of halogens is 3. The predicted octanol–water partition coefficient (Wildman–Crippen LogP) is 2.51. The van der Waals surface area contributed by atoms with Gasteiger partial charge in [-0.3, -0.25) is 9.89 Å². The van der Waals surface area contributed by atoms with E-state index in [0.29, 0.717) is 32.0 Å². The monoisotopic (exact) mass is 367 g/mol. The van der Waals surface area contributed by atoms with Crippen LogP contribution in [-0.2, 0) is 6.42 Å². The van der Waals surface area contributed by atoms with Crippen molar-refractivity contribution in [2.75, 3.05) is 33.2 Å². The first-order valence-electron chi connectivity index (χ1n) is 8.76. The Kier molecular flexibility index (Phi) is 5.70. The summed E-state index contributed by atoms with van der Waals surface area (Å²) in [6, 6.07) is 8.12. The Morgan fingerprint density at radius 2 is 2.15 bits per heavy atom. The molecule has 26 heavy (non-hydrogen) atoms. The lowest BCUT2D eigenvalue weighted by atomic mass is 10.1. The highest BCUT2D eigenvalue weighted by Crippen LogP contribution is 2.20. The van der Waals surface area contributed by atoms with Crippen molar-refractivity contribution in [1.29, 1.82) is 0 Å². The first-order chi connectivity index (χ1) is 12.4. The zero-order valence-corrected chi connectivity index (χ0v) is 14.7. The molecule has 5 nitrogen and oxygen atoms in total. The summed E-state index contributed by atoms with van der Waals surface area (Å²) in [6.45, 7) is 0.671. The van der Waals surface area contributed by atoms with Gasteiger partial charge >= 0.3 is 6.18 Å². The molecule has 3 N–H and O–H groups in total. The summed E-state index contributed by atoms with van der Waals surface area (Å²) in [5, 5.41) is 7.67. The third kappa shape index (κ3) is 4.91. The second-order valence-corrected chi connectivity index (χ2v) is 6.59. The number of aromatic amines is 1. The van der Waals surface area contributed by atoms with Gasteiger partial charge in [-0.2, -0.15) is 13.2 Å². The molecule has 0 saturated carbocycles. The predicted molar refractivity (Wildman–Crippen MR) is 97.4 cm³/mol. The number of hydrogen-bond donors (Lipinski definition) is 3. The molecule has 1 atom stereocenters. The number of rotatable bonds is 5. The first-order valence-corrected chi connectivity index (χ1v) is 8.76. The highest BCUT2D eigenvalue weighted by atomic mass is 19.4. The van der Waals surface area contributed by atoms with Crippen molar-refractivity contribution in [3.05, 3.63) is 36.0 Å². The molecule has 3 rings (SSSR count). The minimum atomic E-state index is -4.14. The van der Waals surface area contributed by atoms with Gasteiger partial charge in [-0.15, -0.1) is 0 Å². The smallest absolute Gasteiger partial charge is 0.361 e. The summed E-state index contributed by atoms with van der Waals surface area (Å²) >= 11 is 0. The highest BCUT2D eigenvalue weighted by molar-refractivity contribution is 5.83. The maximum absolute atomic E-state index is 12.5. The number of likely N-dealkylation sites (tertiary alicyclic amines) is 1. The second kappa shape index (κ2) is 7.99. The Balaban J connectivity index is 1.45. The standard InChI is InChI=1S/C18H24F3N5/c1-22-17(25-14-7-9-26(11-14)12-18(19,20)21)23-8-6-13-10-24-16-5-3-2-4-15(13)16/h2-5,10,14,24H,6-9,11-12H2,1H3,(H2,22,23,25). The van der Waals surface area contributed by atoms with Crippen LogP contribution in [0.3, 0.4) is 0 Å². The normalized spacial score (nSPS) is 19.2. The molecular weight excluding hydrogens is 343 g/mol. The molecule has 8 heteroatoms. The average Bonchev–Trinajstić information content (AvgIpc) is 3.19. The summed E-state index contributed by atoms with van der Waals surface area (Å²) in [7, 11) is 1.67. The van der Waals surface area contributed by atoms with Crippen LogP contribution in [0.2, 0.25) is 0 Å². The number of nitrogens with one attached hydrogen (secondary N) is 3. The van der Waals surface area contributed by atoms with Crippen molar-refractivity contribution in [3.8, 4) is 0 Å². The molecule has 0 radical (unpaired) electrons. The molecule has 0 spiro atoms. The van der Waals surface area contributed by atoms with E-state index in [4.69, 9.17) is 0 Å². The van der Waals surface area contributed by atoms with Crippen LogP contribution < -0.4 is 10.6 Å². The van der Waals surface area contributed by atoms with Gasteiger partial charge in [0.25, 0.3) is 0 Å². The molecule has 2 heterocycles. The van der Waals surface area contributed by atoms with E-state index < -0.39 is 12.7 Å². The van der Waals surface area contributed by atoms with Gasteiger partial charge in [0.15, 0.2) is 5.96 Å². The van der Waals surface area contributed by atoms with Crippen LogP contribution in [0, 0.1) is 0 Å². The Morgan fingerprint density at radius 3 is 2.92 bits per heavy atom. The molecule has 0 amide bonds. The van der Waals surface area contributed by atoms with Gasteiger partial charge in [-0.1, -0.05) is 18.2 Å². The molecule has 1 fully saturated rings. The van der Waals surface area contributed by atoms with Crippen LogP contribution in [0.15, 0.2) is 35.5 Å². The van der Waals surface area contributed by atoms with Crippen LogP contribution in [-0.4, -0.2) is 61.3 Å². The molecular formula is C18H24F3N5. The molecule has 1 aliphatic heterocycles. The number of guanidine groups is 1. The number of para-hydroxylation sites is 1. The molecule has 1 aliphatic rings. The minimum absolute atomic E-state index is 0.0170. The number of H-pyrrole nitrogens is 1. The van der Waals surface area contributed by atoms with Gasteiger partial charge in [0, 0.05) is 49.8 Å². The lowest BCUT2D eigenvalue weighted by molar-refractivity contribution is -0.143. The number of benzene rings is 1. The molecule has 1 unspecified atom stereocenters. The molecule has 1 aromatic carbocycles. The SMILES string of the molecule is CN=C(NCCc1c[nH]c2ccccc12)NC1CCN(CC(F)(F)F)C1. The fourth-order valence-corrected chi connectivity index (χ4v) is 3.39. The summed E-state index contributed by atoms with van der Waals surface area (Å²) in [5.41, 5.74) is 2.33. The van der Waals surface area contributed by atoms with Gasteiger partial charge in [-0.25, -0.2) is 0 Å². The van der Waals surface area contributed by atoms with Gasteiger partial charge in [-0.05, 0) is 24.5 Å². The Hall–Kier alpha value is -2.22. The van der Waals surface area contributed by atoms with E-state index in [2.05, 4.69) is 26.7 Å². The number of alkyl halides is 3. The van der Waals surface area contributed by atoms with E-state index in [1.54, 1.807) is 7.05 Å². The molecule has 0 aliphatic carbocycles. The van der Waals surface area contributed by atoms with Crippen molar-refractivity contribution in [2.45, 2.75) is 25.1 Å². The van der Waals surface area contributed by atoms with E-state index >= 15 is 0 Å². The second-order valence-electron chi connectivity index (χ2n) is 6.59. The van der Waals surface area contributed by atoms with Crippen molar-refractivity contribution in [1.82, 2.24) is 20.5 Å². The van der Waals surface area contributed by atoms with E-state index in [9.17, 15) is 13.2 Å². The van der Waals surface area contributed by atoms with Crippen LogP contribution in [0.1, 0.15) is 12.0 Å². The zero-order valence-electron chi connectivity index (χ0n) is 14.7. The van der Waals surface area contributed by atoms with Crippen LogP contribution >= 0.6 is 0 Å². The molecule has 0 bridgehead atoms. The van der Waals surface area contributed by atoms with Crippen molar-refractivity contribution >= 4 is 16.9 Å². The van der Waals surface area contributed by atoms with Crippen molar-refractivity contribution in [3.63, 3.8) is 0 Å². The third-order valence-corrected chi connectivity index (χ3v) is 4.60. The quantitative estimate of drug-likeness (QED) is 0.562. The van der Waals surface area contributed by atoms with Crippen molar-refractivity contribution in [2.24, 2.45) is 4.99 Å². The summed E-state index contributed by atoms with van der Waals surface area (Å²) in [5.74, 6) is 0.628. The number of fused-ring (bicyclic) bond motifs is 1. The minimum Gasteiger partial charge on any atom is -0.361 e. The lowest BCUT2D eigenvalue weighted by Gasteiger charge is -2.19. The maximum Gasteiger partial charge on any atom is 0.401 e. The van der Waals surface area contributed by atoms with Gasteiger partial charge in [0.05, 0.1) is 6.54 Å². The van der Waals surface area contributed by atoms with E-state index in [0.717, 1.165) is 11.9 Å². The molecule has 2 aromatic rings. The topological polar surface area (TPSA) is 55.5 Å². The number of aromatic nitrogens is 1. The first kappa shape index (κ1) is 18.6.